The number of aryl methyl sites for hydroxylation is 1. The van der Waals surface area contributed by atoms with Crippen LogP contribution in [0, 0.1) is 6.92 Å². The highest BCUT2D eigenvalue weighted by Gasteiger charge is 2.19. The molecule has 1 atom stereocenters. The van der Waals surface area contributed by atoms with Gasteiger partial charge in [-0.05, 0) is 31.9 Å². The molecule has 2 aliphatic heterocycles. The van der Waals surface area contributed by atoms with E-state index in [9.17, 15) is 0 Å². The van der Waals surface area contributed by atoms with Gasteiger partial charge in [-0.25, -0.2) is 9.97 Å². The summed E-state index contributed by atoms with van der Waals surface area (Å²) in [6, 6.07) is 0. The van der Waals surface area contributed by atoms with Gasteiger partial charge in [-0.15, -0.1) is 0 Å². The van der Waals surface area contributed by atoms with Crippen molar-refractivity contribution in [1.82, 2.24) is 20.2 Å². The lowest BCUT2D eigenvalue weighted by atomic mass is 9.94. The lowest BCUT2D eigenvalue weighted by Gasteiger charge is -2.26. The summed E-state index contributed by atoms with van der Waals surface area (Å²) in [6.45, 7) is 9.24. The van der Waals surface area contributed by atoms with Gasteiger partial charge in [0.1, 0.15) is 0 Å². The Balaban J connectivity index is 1.54. The third-order valence-corrected chi connectivity index (χ3v) is 5.26. The van der Waals surface area contributed by atoms with Gasteiger partial charge in [-0.3, -0.25) is 4.90 Å². The van der Waals surface area contributed by atoms with Crippen molar-refractivity contribution >= 4 is 11.8 Å². The standard InChI is InChI=1S/C16H26N4OS/c1-13-11-18-16(19-15(13)14-3-2-4-17-12-14)22-10-7-20-5-8-21-9-6-20/h11,14,17H,2-10,12H2,1H3. The Kier molecular flexibility index (Phi) is 6.06. The first-order chi connectivity index (χ1) is 10.8. The minimum Gasteiger partial charge on any atom is -0.379 e. The molecule has 0 saturated carbocycles. The van der Waals surface area contributed by atoms with Crippen molar-refractivity contribution in [2.75, 3.05) is 51.7 Å². The first-order valence-corrected chi connectivity index (χ1v) is 9.28. The van der Waals surface area contributed by atoms with Crippen molar-refractivity contribution in [3.05, 3.63) is 17.5 Å². The summed E-state index contributed by atoms with van der Waals surface area (Å²) < 4.78 is 5.38. The minimum atomic E-state index is 0.551. The van der Waals surface area contributed by atoms with E-state index in [0.717, 1.165) is 56.8 Å². The number of ether oxygens (including phenoxy) is 1. The Hall–Kier alpha value is -0.690. The number of hydrogen-bond donors (Lipinski definition) is 1. The van der Waals surface area contributed by atoms with Crippen LogP contribution in [0.4, 0.5) is 0 Å². The number of nitrogens with zero attached hydrogens (tertiary/aromatic N) is 3. The van der Waals surface area contributed by atoms with Gasteiger partial charge in [0.25, 0.3) is 0 Å². The maximum atomic E-state index is 5.38. The quantitative estimate of drug-likeness (QED) is 0.657. The molecule has 122 valence electrons. The van der Waals surface area contributed by atoms with Crippen molar-refractivity contribution in [2.24, 2.45) is 0 Å². The Bertz CT molecular complexity index is 473. The maximum Gasteiger partial charge on any atom is 0.187 e. The summed E-state index contributed by atoms with van der Waals surface area (Å²) in [5.74, 6) is 1.60. The minimum absolute atomic E-state index is 0.551. The van der Waals surface area contributed by atoms with Crippen LogP contribution in [0.2, 0.25) is 0 Å². The number of morpholine rings is 1. The molecule has 0 spiro atoms. The van der Waals surface area contributed by atoms with E-state index in [1.165, 1.54) is 24.1 Å². The first-order valence-electron chi connectivity index (χ1n) is 8.30. The van der Waals surface area contributed by atoms with E-state index in [2.05, 4.69) is 22.1 Å². The molecule has 2 saturated heterocycles. The van der Waals surface area contributed by atoms with Crippen molar-refractivity contribution in [2.45, 2.75) is 30.8 Å². The molecule has 1 aromatic rings. The van der Waals surface area contributed by atoms with E-state index >= 15 is 0 Å². The van der Waals surface area contributed by atoms with Crippen molar-refractivity contribution in [3.8, 4) is 0 Å². The summed E-state index contributed by atoms with van der Waals surface area (Å²) >= 11 is 1.78. The number of aromatic nitrogens is 2. The van der Waals surface area contributed by atoms with Crippen LogP contribution < -0.4 is 5.32 Å². The van der Waals surface area contributed by atoms with Gasteiger partial charge in [0.2, 0.25) is 0 Å². The predicted molar refractivity (Wildman–Crippen MR) is 89.6 cm³/mol. The van der Waals surface area contributed by atoms with Crippen LogP contribution in [-0.4, -0.2) is 66.6 Å². The smallest absolute Gasteiger partial charge is 0.187 e. The van der Waals surface area contributed by atoms with Gasteiger partial charge in [0.05, 0.1) is 18.9 Å². The molecule has 0 radical (unpaired) electrons. The van der Waals surface area contributed by atoms with Crippen LogP contribution in [0.5, 0.6) is 0 Å². The lowest BCUT2D eigenvalue weighted by Crippen LogP contribution is -2.37. The van der Waals surface area contributed by atoms with Crippen molar-refractivity contribution < 1.29 is 4.74 Å². The number of hydrogen-bond acceptors (Lipinski definition) is 6. The van der Waals surface area contributed by atoms with E-state index in [1.54, 1.807) is 11.8 Å². The molecule has 3 heterocycles. The second kappa shape index (κ2) is 8.24. The summed E-state index contributed by atoms with van der Waals surface area (Å²) in [4.78, 5) is 11.8. The monoisotopic (exact) mass is 322 g/mol. The van der Waals surface area contributed by atoms with E-state index in [4.69, 9.17) is 9.72 Å². The van der Waals surface area contributed by atoms with Gasteiger partial charge in [-0.1, -0.05) is 11.8 Å². The van der Waals surface area contributed by atoms with Gasteiger partial charge in [-0.2, -0.15) is 0 Å². The average molecular weight is 322 g/mol. The van der Waals surface area contributed by atoms with Crippen molar-refractivity contribution in [3.63, 3.8) is 0 Å². The van der Waals surface area contributed by atoms with E-state index in [1.807, 2.05) is 6.20 Å². The molecular formula is C16H26N4OS. The maximum absolute atomic E-state index is 5.38. The normalized spacial score (nSPS) is 23.6. The molecule has 0 aromatic carbocycles. The van der Waals surface area contributed by atoms with Gasteiger partial charge in [0.15, 0.2) is 5.16 Å². The molecule has 1 N–H and O–H groups in total. The summed E-state index contributed by atoms with van der Waals surface area (Å²) in [6.07, 6.45) is 4.48. The summed E-state index contributed by atoms with van der Waals surface area (Å²) in [5, 5.41) is 4.41. The number of rotatable bonds is 5. The Morgan fingerprint density at radius 1 is 1.41 bits per heavy atom. The predicted octanol–water partition coefficient (Wildman–Crippen LogP) is 1.68. The van der Waals surface area contributed by atoms with Crippen LogP contribution in [0.1, 0.15) is 30.0 Å². The number of thioether (sulfide) groups is 1. The lowest BCUT2D eigenvalue weighted by molar-refractivity contribution is 0.0410. The second-order valence-corrected chi connectivity index (χ2v) is 7.13. The fraction of sp³-hybridized carbons (Fsp3) is 0.750. The molecule has 1 unspecified atom stereocenters. The van der Waals surface area contributed by atoms with Crippen LogP contribution >= 0.6 is 11.8 Å². The molecule has 0 aliphatic carbocycles. The zero-order valence-corrected chi connectivity index (χ0v) is 14.2. The van der Waals surface area contributed by atoms with E-state index in [-0.39, 0.29) is 0 Å². The van der Waals surface area contributed by atoms with Gasteiger partial charge >= 0.3 is 0 Å². The molecule has 0 amide bonds. The SMILES string of the molecule is Cc1cnc(SCCN2CCOCC2)nc1C1CCCNC1. The third kappa shape index (κ3) is 4.41. The molecule has 3 rings (SSSR count). The van der Waals surface area contributed by atoms with Crippen molar-refractivity contribution in [1.29, 1.82) is 0 Å². The first kappa shape index (κ1) is 16.2. The fourth-order valence-electron chi connectivity index (χ4n) is 3.10. The highest BCUT2D eigenvalue weighted by molar-refractivity contribution is 7.99. The van der Waals surface area contributed by atoms with Crippen LogP contribution in [-0.2, 0) is 4.74 Å². The summed E-state index contributed by atoms with van der Waals surface area (Å²) in [5.41, 5.74) is 2.47. The second-order valence-electron chi connectivity index (χ2n) is 6.07. The summed E-state index contributed by atoms with van der Waals surface area (Å²) in [7, 11) is 0. The van der Waals surface area contributed by atoms with Crippen LogP contribution in [0.25, 0.3) is 0 Å². The molecule has 0 bridgehead atoms. The van der Waals surface area contributed by atoms with Crippen LogP contribution in [0.3, 0.4) is 0 Å². The van der Waals surface area contributed by atoms with Crippen LogP contribution in [0.15, 0.2) is 11.4 Å². The zero-order valence-electron chi connectivity index (χ0n) is 13.4. The molecule has 22 heavy (non-hydrogen) atoms. The molecule has 1 aromatic heterocycles. The Morgan fingerprint density at radius 3 is 3.05 bits per heavy atom. The Morgan fingerprint density at radius 2 is 2.27 bits per heavy atom. The van der Waals surface area contributed by atoms with Gasteiger partial charge < -0.3 is 10.1 Å². The highest BCUT2D eigenvalue weighted by atomic mass is 32.2. The van der Waals surface area contributed by atoms with E-state index in [0.29, 0.717) is 5.92 Å². The van der Waals surface area contributed by atoms with Gasteiger partial charge in [0, 0.05) is 44.0 Å². The third-order valence-electron chi connectivity index (χ3n) is 4.41. The average Bonchev–Trinajstić information content (AvgIpc) is 2.58. The highest BCUT2D eigenvalue weighted by Crippen LogP contribution is 2.25. The zero-order chi connectivity index (χ0) is 15.2. The molecule has 5 nitrogen and oxygen atoms in total. The fourth-order valence-corrected chi connectivity index (χ4v) is 3.92. The molecule has 6 heteroatoms. The Labute approximate surface area is 137 Å². The molecule has 2 aliphatic rings. The number of piperidine rings is 1. The van der Waals surface area contributed by atoms with E-state index < -0.39 is 0 Å². The topological polar surface area (TPSA) is 50.3 Å². The number of nitrogens with one attached hydrogen (secondary N) is 1. The molecule has 2 fully saturated rings. The molecular weight excluding hydrogens is 296 g/mol. The largest absolute Gasteiger partial charge is 0.379 e.